The summed E-state index contributed by atoms with van der Waals surface area (Å²) in [4.78, 5) is 4.68. The van der Waals surface area contributed by atoms with Gasteiger partial charge in [0.2, 0.25) is 0 Å². The molecule has 0 aromatic carbocycles. The highest BCUT2D eigenvalue weighted by Crippen LogP contribution is 2.43. The summed E-state index contributed by atoms with van der Waals surface area (Å²) < 4.78 is 21.6. The van der Waals surface area contributed by atoms with Gasteiger partial charge in [0.1, 0.15) is 24.0 Å². The fourth-order valence-electron chi connectivity index (χ4n) is 5.01. The molecule has 0 spiro atoms. The second-order valence-corrected chi connectivity index (χ2v) is 15.0. The molecular weight excluding hydrogens is 464 g/mol. The third-order valence-electron chi connectivity index (χ3n) is 6.89. The highest BCUT2D eigenvalue weighted by atomic mass is 32.3. The maximum Gasteiger partial charge on any atom is 0.179 e. The number of hydrogen-bond donors (Lipinski definition) is 0. The van der Waals surface area contributed by atoms with E-state index in [1.54, 1.807) is 0 Å². The van der Waals surface area contributed by atoms with E-state index in [1.807, 2.05) is 25.4 Å². The van der Waals surface area contributed by atoms with Crippen molar-refractivity contribution in [3.8, 4) is 0 Å². The van der Waals surface area contributed by atoms with Gasteiger partial charge in [-0.1, -0.05) is 18.5 Å². The monoisotopic (exact) mass is 500 g/mol. The molecule has 0 radical (unpaired) electrons. The standard InChI is InChI=1S/C25H36N6O3S/c1-6-18-12-20(33-15-19-11-17(2)34-29-19)13-21(18)24-28-27-23-14-26-25-22(31(23)24)7-8-30(25)16-32-9-10-35(3,4)5/h7-8,11,14,18,20-21H,6,9-10,12-13,15-16H2,1-5H3. The predicted molar refractivity (Wildman–Crippen MR) is 138 cm³/mol. The van der Waals surface area contributed by atoms with E-state index in [4.69, 9.17) is 14.0 Å². The van der Waals surface area contributed by atoms with Crippen LogP contribution in [0.2, 0.25) is 0 Å². The number of ether oxygens (including phenoxy) is 2. The summed E-state index contributed by atoms with van der Waals surface area (Å²) in [6.45, 7) is 5.86. The normalized spacial score (nSPS) is 21.5. The Morgan fingerprint density at radius 3 is 2.80 bits per heavy atom. The predicted octanol–water partition coefficient (Wildman–Crippen LogP) is 4.53. The Bertz CT molecular complexity index is 1290. The molecule has 0 aliphatic heterocycles. The summed E-state index contributed by atoms with van der Waals surface area (Å²) in [5, 5.41) is 13.2. The first kappa shape index (κ1) is 24.3. The molecule has 1 saturated carbocycles. The van der Waals surface area contributed by atoms with Crippen LogP contribution in [0.4, 0.5) is 0 Å². The quantitative estimate of drug-likeness (QED) is 0.295. The molecule has 3 atom stereocenters. The molecule has 9 nitrogen and oxygen atoms in total. The van der Waals surface area contributed by atoms with Crippen molar-refractivity contribution in [3.63, 3.8) is 0 Å². The molecule has 0 saturated heterocycles. The molecule has 4 heterocycles. The van der Waals surface area contributed by atoms with Gasteiger partial charge in [-0.2, -0.15) is 0 Å². The van der Waals surface area contributed by atoms with Gasteiger partial charge in [0.05, 0.1) is 31.0 Å². The van der Waals surface area contributed by atoms with Crippen LogP contribution >= 0.6 is 10.0 Å². The molecule has 5 rings (SSSR count). The van der Waals surface area contributed by atoms with E-state index in [2.05, 4.69) is 61.1 Å². The first-order valence-electron chi connectivity index (χ1n) is 12.3. The van der Waals surface area contributed by atoms with Crippen LogP contribution in [0.25, 0.3) is 16.8 Å². The Morgan fingerprint density at radius 1 is 1.20 bits per heavy atom. The van der Waals surface area contributed by atoms with Crippen LogP contribution < -0.4 is 0 Å². The van der Waals surface area contributed by atoms with Gasteiger partial charge in [0.25, 0.3) is 0 Å². The second kappa shape index (κ2) is 9.91. The van der Waals surface area contributed by atoms with Crippen LogP contribution in [0.5, 0.6) is 0 Å². The number of rotatable bonds is 10. The van der Waals surface area contributed by atoms with Crippen molar-refractivity contribution in [2.24, 2.45) is 5.92 Å². The zero-order valence-corrected chi connectivity index (χ0v) is 22.1. The van der Waals surface area contributed by atoms with Crippen LogP contribution in [0.3, 0.4) is 0 Å². The van der Waals surface area contributed by atoms with E-state index in [-0.39, 0.29) is 12.0 Å². The first-order chi connectivity index (χ1) is 16.8. The Labute approximate surface area is 207 Å². The van der Waals surface area contributed by atoms with Gasteiger partial charge in [0.15, 0.2) is 11.3 Å². The first-order valence-corrected chi connectivity index (χ1v) is 15.3. The zero-order chi connectivity index (χ0) is 24.6. The molecule has 4 aromatic rings. The molecule has 0 N–H and O–H groups in total. The summed E-state index contributed by atoms with van der Waals surface area (Å²) >= 11 is 0. The number of aromatic nitrogens is 6. The lowest BCUT2D eigenvalue weighted by atomic mass is 9.93. The van der Waals surface area contributed by atoms with Crippen molar-refractivity contribution in [3.05, 3.63) is 41.8 Å². The third kappa shape index (κ3) is 5.24. The highest BCUT2D eigenvalue weighted by Gasteiger charge is 2.38. The van der Waals surface area contributed by atoms with E-state index in [9.17, 15) is 0 Å². The summed E-state index contributed by atoms with van der Waals surface area (Å²) in [6.07, 6.45) is 13.9. The molecule has 1 fully saturated rings. The fraction of sp³-hybridized carbons (Fsp3) is 0.600. The van der Waals surface area contributed by atoms with Gasteiger partial charge in [-0.15, -0.1) is 10.2 Å². The van der Waals surface area contributed by atoms with E-state index >= 15 is 0 Å². The van der Waals surface area contributed by atoms with Crippen LogP contribution in [0, 0.1) is 12.8 Å². The van der Waals surface area contributed by atoms with E-state index in [1.165, 1.54) is 0 Å². The molecule has 190 valence electrons. The Morgan fingerprint density at radius 2 is 2.06 bits per heavy atom. The molecule has 1 aliphatic rings. The molecule has 35 heavy (non-hydrogen) atoms. The van der Waals surface area contributed by atoms with Crippen LogP contribution in [-0.2, 0) is 22.8 Å². The molecular formula is C25H36N6O3S. The second-order valence-electron chi connectivity index (χ2n) is 10.4. The van der Waals surface area contributed by atoms with Crippen molar-refractivity contribution in [1.82, 2.24) is 29.3 Å². The minimum atomic E-state index is -0.564. The van der Waals surface area contributed by atoms with Gasteiger partial charge >= 0.3 is 0 Å². The lowest BCUT2D eigenvalue weighted by molar-refractivity contribution is 0.0390. The summed E-state index contributed by atoms with van der Waals surface area (Å²) in [6, 6.07) is 4.02. The molecule has 0 bridgehead atoms. The number of aryl methyl sites for hydroxylation is 1. The Balaban J connectivity index is 1.35. The van der Waals surface area contributed by atoms with Gasteiger partial charge in [-0.05, 0) is 50.5 Å². The van der Waals surface area contributed by atoms with Crippen molar-refractivity contribution < 1.29 is 14.0 Å². The fourth-order valence-corrected chi connectivity index (χ4v) is 5.63. The number of hydrogen-bond acceptors (Lipinski definition) is 7. The average Bonchev–Trinajstić information content (AvgIpc) is 3.59. The summed E-state index contributed by atoms with van der Waals surface area (Å²) in [7, 11) is -0.564. The molecule has 3 unspecified atom stereocenters. The van der Waals surface area contributed by atoms with Crippen LogP contribution in [0.15, 0.2) is 29.0 Å². The number of nitrogens with zero attached hydrogens (tertiary/aromatic N) is 6. The van der Waals surface area contributed by atoms with Gasteiger partial charge in [-0.3, -0.25) is 4.40 Å². The minimum absolute atomic E-state index is 0.162. The molecule has 1 aliphatic carbocycles. The SMILES string of the molecule is CCC1CC(OCc2cc(C)on2)CC1c1nnc2cnc3c(ccn3COCCS(C)(C)C)n12. The van der Waals surface area contributed by atoms with Gasteiger partial charge in [-0.25, -0.2) is 15.0 Å². The smallest absolute Gasteiger partial charge is 0.179 e. The van der Waals surface area contributed by atoms with Crippen molar-refractivity contribution in [1.29, 1.82) is 0 Å². The van der Waals surface area contributed by atoms with Crippen LogP contribution in [-0.4, -0.2) is 66.5 Å². The highest BCUT2D eigenvalue weighted by molar-refractivity contribution is 8.32. The zero-order valence-electron chi connectivity index (χ0n) is 21.3. The Hall–Kier alpha value is -2.43. The minimum Gasteiger partial charge on any atom is -0.372 e. The maximum atomic E-state index is 6.23. The van der Waals surface area contributed by atoms with Crippen molar-refractivity contribution in [2.75, 3.05) is 31.1 Å². The lowest BCUT2D eigenvalue weighted by Gasteiger charge is -2.24. The van der Waals surface area contributed by atoms with Gasteiger partial charge in [0, 0.05) is 23.9 Å². The molecule has 10 heteroatoms. The maximum absolute atomic E-state index is 6.23. The number of fused-ring (bicyclic) bond motifs is 3. The van der Waals surface area contributed by atoms with Crippen molar-refractivity contribution in [2.45, 2.75) is 58.5 Å². The van der Waals surface area contributed by atoms with Gasteiger partial charge < -0.3 is 18.6 Å². The molecule has 0 amide bonds. The van der Waals surface area contributed by atoms with Crippen molar-refractivity contribution >= 4 is 26.8 Å². The Kier molecular flexibility index (Phi) is 6.87. The summed E-state index contributed by atoms with van der Waals surface area (Å²) in [5.41, 5.74) is 3.53. The van der Waals surface area contributed by atoms with E-state index in [0.717, 1.165) is 65.7 Å². The average molecular weight is 501 g/mol. The summed E-state index contributed by atoms with van der Waals surface area (Å²) in [5.74, 6) is 3.66. The third-order valence-corrected chi connectivity index (χ3v) is 8.28. The van der Waals surface area contributed by atoms with E-state index < -0.39 is 10.0 Å². The molecule has 4 aromatic heterocycles. The van der Waals surface area contributed by atoms with Crippen LogP contribution in [0.1, 0.15) is 49.4 Å². The lowest BCUT2D eigenvalue weighted by Crippen LogP contribution is -2.11. The van der Waals surface area contributed by atoms with E-state index in [0.29, 0.717) is 19.3 Å². The largest absolute Gasteiger partial charge is 0.372 e. The topological polar surface area (TPSA) is 92.5 Å².